The summed E-state index contributed by atoms with van der Waals surface area (Å²) in [5.74, 6) is -1.16. The Morgan fingerprint density at radius 2 is 2.00 bits per heavy atom. The second kappa shape index (κ2) is 7.78. The summed E-state index contributed by atoms with van der Waals surface area (Å²) < 4.78 is 28.8. The van der Waals surface area contributed by atoms with E-state index >= 15 is 0 Å². The van der Waals surface area contributed by atoms with Crippen LogP contribution < -0.4 is 0 Å². The maximum atomic E-state index is 14.4. The highest BCUT2D eigenvalue weighted by Gasteiger charge is 2.35. The van der Waals surface area contributed by atoms with E-state index in [1.807, 2.05) is 30.1 Å². The molecule has 7 heteroatoms. The van der Waals surface area contributed by atoms with Crippen LogP contribution in [0, 0.1) is 17.6 Å². The van der Waals surface area contributed by atoms with Crippen molar-refractivity contribution in [2.75, 3.05) is 7.05 Å². The number of hydrogen-bond acceptors (Lipinski definition) is 3. The number of hydrogen-bond donors (Lipinski definition) is 2. The fraction of sp³-hybridized carbons (Fsp3) is 0.381. The average Bonchev–Trinajstić information content (AvgIpc) is 3.32. The van der Waals surface area contributed by atoms with Crippen LogP contribution in [-0.4, -0.2) is 33.3 Å². The SMILES string of the molecule is CN(Cc1cccc2[nH]ncc12)C(CC1CC1)C(O)c1c(F)cc(Cl)cc1F. The lowest BCUT2D eigenvalue weighted by Gasteiger charge is -2.33. The first kappa shape index (κ1) is 19.3. The third kappa shape index (κ3) is 3.90. The minimum Gasteiger partial charge on any atom is -0.387 e. The van der Waals surface area contributed by atoms with Gasteiger partial charge >= 0.3 is 0 Å². The maximum absolute atomic E-state index is 14.4. The van der Waals surface area contributed by atoms with E-state index in [9.17, 15) is 13.9 Å². The number of H-pyrrole nitrogens is 1. The van der Waals surface area contributed by atoms with Gasteiger partial charge in [-0.2, -0.15) is 5.10 Å². The molecule has 4 nitrogen and oxygen atoms in total. The lowest BCUT2D eigenvalue weighted by Crippen LogP contribution is -2.37. The lowest BCUT2D eigenvalue weighted by molar-refractivity contribution is 0.0456. The molecule has 0 amide bonds. The summed E-state index contributed by atoms with van der Waals surface area (Å²) >= 11 is 5.73. The van der Waals surface area contributed by atoms with E-state index in [1.165, 1.54) is 0 Å². The van der Waals surface area contributed by atoms with E-state index in [2.05, 4.69) is 10.2 Å². The fourth-order valence-electron chi connectivity index (χ4n) is 3.83. The van der Waals surface area contributed by atoms with Crippen molar-refractivity contribution in [1.29, 1.82) is 0 Å². The van der Waals surface area contributed by atoms with Crippen LogP contribution >= 0.6 is 11.6 Å². The highest BCUT2D eigenvalue weighted by molar-refractivity contribution is 6.30. The molecule has 0 radical (unpaired) electrons. The fourth-order valence-corrected chi connectivity index (χ4v) is 4.02. The van der Waals surface area contributed by atoms with E-state index < -0.39 is 23.8 Å². The predicted molar refractivity (Wildman–Crippen MR) is 105 cm³/mol. The number of fused-ring (bicyclic) bond motifs is 1. The van der Waals surface area contributed by atoms with Gasteiger partial charge in [0.1, 0.15) is 17.7 Å². The van der Waals surface area contributed by atoms with Gasteiger partial charge in [-0.05, 0) is 43.1 Å². The monoisotopic (exact) mass is 405 g/mol. The van der Waals surface area contributed by atoms with E-state index in [0.717, 1.165) is 41.4 Å². The average molecular weight is 406 g/mol. The molecule has 1 aromatic heterocycles. The van der Waals surface area contributed by atoms with Crippen LogP contribution in [0.4, 0.5) is 8.78 Å². The number of aliphatic hydroxyl groups is 1. The highest BCUT2D eigenvalue weighted by Crippen LogP contribution is 2.39. The van der Waals surface area contributed by atoms with Crippen molar-refractivity contribution in [3.8, 4) is 0 Å². The molecule has 2 aromatic carbocycles. The van der Waals surface area contributed by atoms with Crippen molar-refractivity contribution in [3.63, 3.8) is 0 Å². The summed E-state index contributed by atoms with van der Waals surface area (Å²) in [5.41, 5.74) is 1.65. The smallest absolute Gasteiger partial charge is 0.133 e. The van der Waals surface area contributed by atoms with Crippen LogP contribution in [0.2, 0.25) is 5.02 Å². The molecular formula is C21H22ClF2N3O. The first-order chi connectivity index (χ1) is 13.4. The molecule has 0 saturated heterocycles. The summed E-state index contributed by atoms with van der Waals surface area (Å²) in [4.78, 5) is 1.97. The second-order valence-corrected chi connectivity index (χ2v) is 8.07. The summed E-state index contributed by atoms with van der Waals surface area (Å²) in [6, 6.07) is 7.56. The number of aliphatic hydroxyl groups excluding tert-OH is 1. The number of benzene rings is 2. The summed E-state index contributed by atoms with van der Waals surface area (Å²) in [5, 5.41) is 18.9. The molecule has 2 N–H and O–H groups in total. The Morgan fingerprint density at radius 1 is 1.29 bits per heavy atom. The zero-order valence-electron chi connectivity index (χ0n) is 15.5. The van der Waals surface area contributed by atoms with Crippen LogP contribution in [0.5, 0.6) is 0 Å². The number of likely N-dealkylation sites (N-methyl/N-ethyl adjacent to an activating group) is 1. The van der Waals surface area contributed by atoms with E-state index in [0.29, 0.717) is 18.9 Å². The Bertz CT molecular complexity index is 966. The third-order valence-corrected chi connectivity index (χ3v) is 5.75. The first-order valence-electron chi connectivity index (χ1n) is 9.37. The van der Waals surface area contributed by atoms with Crippen LogP contribution in [0.1, 0.15) is 36.5 Å². The molecule has 1 aliphatic rings. The quantitative estimate of drug-likeness (QED) is 0.592. The van der Waals surface area contributed by atoms with Gasteiger partial charge in [0.2, 0.25) is 0 Å². The van der Waals surface area contributed by atoms with Crippen LogP contribution in [0.25, 0.3) is 10.9 Å². The third-order valence-electron chi connectivity index (χ3n) is 5.54. The van der Waals surface area contributed by atoms with Gasteiger partial charge in [-0.15, -0.1) is 0 Å². The zero-order valence-corrected chi connectivity index (χ0v) is 16.3. The topological polar surface area (TPSA) is 52.2 Å². The van der Waals surface area contributed by atoms with Gasteiger partial charge in [0.05, 0.1) is 17.3 Å². The van der Waals surface area contributed by atoms with Crippen molar-refractivity contribution in [3.05, 3.63) is 64.3 Å². The van der Waals surface area contributed by atoms with E-state index in [1.54, 1.807) is 6.20 Å². The Morgan fingerprint density at radius 3 is 2.68 bits per heavy atom. The molecular weight excluding hydrogens is 384 g/mol. The van der Waals surface area contributed by atoms with Crippen molar-refractivity contribution < 1.29 is 13.9 Å². The molecule has 0 aliphatic heterocycles. The Labute approximate surface area is 167 Å². The number of halogens is 3. The van der Waals surface area contributed by atoms with Crippen molar-refractivity contribution in [1.82, 2.24) is 15.1 Å². The Hall–Kier alpha value is -2.02. The van der Waals surface area contributed by atoms with Crippen LogP contribution in [-0.2, 0) is 6.54 Å². The Balaban J connectivity index is 1.63. The molecule has 28 heavy (non-hydrogen) atoms. The van der Waals surface area contributed by atoms with Crippen molar-refractivity contribution in [2.45, 2.75) is 38.0 Å². The zero-order chi connectivity index (χ0) is 19.8. The molecule has 4 rings (SSSR count). The number of aromatic nitrogens is 2. The van der Waals surface area contributed by atoms with Gasteiger partial charge in [-0.3, -0.25) is 10.00 Å². The number of aromatic amines is 1. The van der Waals surface area contributed by atoms with Gasteiger partial charge in [-0.25, -0.2) is 8.78 Å². The summed E-state index contributed by atoms with van der Waals surface area (Å²) in [7, 11) is 1.88. The lowest BCUT2D eigenvalue weighted by atomic mass is 9.95. The summed E-state index contributed by atoms with van der Waals surface area (Å²) in [6.45, 7) is 0.530. The van der Waals surface area contributed by atoms with Gasteiger partial charge in [0.25, 0.3) is 0 Å². The molecule has 0 spiro atoms. The summed E-state index contributed by atoms with van der Waals surface area (Å²) in [6.07, 6.45) is 3.33. The van der Waals surface area contributed by atoms with E-state index in [4.69, 9.17) is 11.6 Å². The molecule has 2 atom stereocenters. The van der Waals surface area contributed by atoms with E-state index in [-0.39, 0.29) is 10.6 Å². The minimum absolute atomic E-state index is 0.0234. The molecule has 1 saturated carbocycles. The molecule has 0 bridgehead atoms. The standard InChI is InChI=1S/C21H22ClF2N3O/c1-27(11-13-3-2-4-18-15(13)10-25-26-18)19(7-12-5-6-12)21(28)20-16(23)8-14(22)9-17(20)24/h2-4,8-10,12,19,21,28H,5-7,11H2,1H3,(H,25,26). The Kier molecular flexibility index (Phi) is 5.36. The molecule has 3 aromatic rings. The maximum Gasteiger partial charge on any atom is 0.133 e. The van der Waals surface area contributed by atoms with Gasteiger partial charge < -0.3 is 5.11 Å². The predicted octanol–water partition coefficient (Wildman–Crippen LogP) is 4.83. The molecule has 2 unspecified atom stereocenters. The largest absolute Gasteiger partial charge is 0.387 e. The number of rotatable bonds is 7. The van der Waals surface area contributed by atoms with Gasteiger partial charge in [0.15, 0.2) is 0 Å². The van der Waals surface area contributed by atoms with Crippen molar-refractivity contribution in [2.24, 2.45) is 5.92 Å². The second-order valence-electron chi connectivity index (χ2n) is 7.64. The molecule has 1 aliphatic carbocycles. The van der Waals surface area contributed by atoms with Gasteiger partial charge in [-0.1, -0.05) is 36.6 Å². The highest BCUT2D eigenvalue weighted by atomic mass is 35.5. The van der Waals surface area contributed by atoms with Crippen molar-refractivity contribution >= 4 is 22.5 Å². The van der Waals surface area contributed by atoms with Crippen LogP contribution in [0.15, 0.2) is 36.5 Å². The number of nitrogens with one attached hydrogen (secondary N) is 1. The first-order valence-corrected chi connectivity index (χ1v) is 9.75. The normalized spacial score (nSPS) is 16.6. The minimum atomic E-state index is -1.29. The van der Waals surface area contributed by atoms with Crippen LogP contribution in [0.3, 0.4) is 0 Å². The molecule has 148 valence electrons. The molecule has 1 heterocycles. The molecule has 1 fully saturated rings. The number of nitrogens with zero attached hydrogens (tertiary/aromatic N) is 2. The van der Waals surface area contributed by atoms with Gasteiger partial charge in [0, 0.05) is 23.0 Å².